The van der Waals surface area contributed by atoms with Gasteiger partial charge in [0.05, 0.1) is 17.3 Å². The minimum absolute atomic E-state index is 0.118. The second kappa shape index (κ2) is 3.34. The van der Waals surface area contributed by atoms with Crippen molar-refractivity contribution in [3.05, 3.63) is 38.9 Å². The third-order valence-corrected chi connectivity index (χ3v) is 1.50. The molecule has 0 aliphatic heterocycles. The molecule has 1 aromatic heterocycles. The van der Waals surface area contributed by atoms with Gasteiger partial charge in [0.25, 0.3) is 0 Å². The fraction of sp³-hybridized carbons (Fsp3) is 0. The van der Waals surface area contributed by atoms with Gasteiger partial charge in [-0.05, 0) is 12.1 Å². The number of rotatable bonds is 2. The molecule has 0 aromatic carbocycles. The summed E-state index contributed by atoms with van der Waals surface area (Å²) in [6.07, 6.45) is 2.74. The molecule has 0 saturated heterocycles. The van der Waals surface area contributed by atoms with Crippen LogP contribution in [0.15, 0.2) is 27.4 Å². The van der Waals surface area contributed by atoms with Gasteiger partial charge < -0.3 is 4.42 Å². The van der Waals surface area contributed by atoms with Crippen molar-refractivity contribution in [2.45, 2.75) is 0 Å². The second-order valence-corrected chi connectivity index (χ2v) is 2.55. The van der Waals surface area contributed by atoms with E-state index in [9.17, 15) is 10.1 Å². The molecule has 0 amide bonds. The van der Waals surface area contributed by atoms with Crippen molar-refractivity contribution < 1.29 is 9.34 Å². The summed E-state index contributed by atoms with van der Waals surface area (Å²) in [7, 11) is 0. The largest absolute Gasteiger partial charge is 0.465 e. The third kappa shape index (κ3) is 2.19. The highest BCUT2D eigenvalue weighted by molar-refractivity contribution is 9.11. The average molecular weight is 218 g/mol. The molecule has 11 heavy (non-hydrogen) atoms. The molecule has 0 radical (unpaired) electrons. The van der Waals surface area contributed by atoms with E-state index >= 15 is 0 Å². The van der Waals surface area contributed by atoms with Gasteiger partial charge in [0.15, 0.2) is 0 Å². The SMILES string of the molecule is O=[N+]([O-])/C(Br)=C/c1ccco1. The Balaban J connectivity index is 2.82. The first-order chi connectivity index (χ1) is 5.20. The summed E-state index contributed by atoms with van der Waals surface area (Å²) in [4.78, 5) is 9.54. The van der Waals surface area contributed by atoms with Crippen molar-refractivity contribution >= 4 is 22.0 Å². The average Bonchev–Trinajstić information content (AvgIpc) is 2.39. The summed E-state index contributed by atoms with van der Waals surface area (Å²) < 4.78 is 4.73. The second-order valence-electron chi connectivity index (χ2n) is 1.74. The molecule has 58 valence electrons. The van der Waals surface area contributed by atoms with Gasteiger partial charge >= 0.3 is 4.61 Å². The van der Waals surface area contributed by atoms with Crippen molar-refractivity contribution in [2.24, 2.45) is 0 Å². The zero-order chi connectivity index (χ0) is 8.27. The quantitative estimate of drug-likeness (QED) is 0.434. The first-order valence-electron chi connectivity index (χ1n) is 2.75. The number of nitro groups is 1. The van der Waals surface area contributed by atoms with Crippen LogP contribution in [-0.4, -0.2) is 4.92 Å². The molecular formula is C6H4BrNO3. The van der Waals surface area contributed by atoms with Crippen molar-refractivity contribution in [1.29, 1.82) is 0 Å². The summed E-state index contributed by atoms with van der Waals surface area (Å²) in [6, 6.07) is 3.29. The van der Waals surface area contributed by atoms with E-state index in [0.29, 0.717) is 5.76 Å². The van der Waals surface area contributed by atoms with E-state index in [2.05, 4.69) is 15.9 Å². The minimum atomic E-state index is -0.539. The zero-order valence-electron chi connectivity index (χ0n) is 5.36. The number of hydrogen-bond acceptors (Lipinski definition) is 3. The molecule has 1 aromatic rings. The van der Waals surface area contributed by atoms with Gasteiger partial charge in [-0.25, -0.2) is 0 Å². The normalized spacial score (nSPS) is 11.5. The highest BCUT2D eigenvalue weighted by Crippen LogP contribution is 2.12. The van der Waals surface area contributed by atoms with Gasteiger partial charge in [-0.15, -0.1) is 0 Å². The minimum Gasteiger partial charge on any atom is -0.465 e. The lowest BCUT2D eigenvalue weighted by atomic mass is 10.4. The first kappa shape index (κ1) is 8.00. The van der Waals surface area contributed by atoms with E-state index in [0.717, 1.165) is 0 Å². The smallest absolute Gasteiger partial charge is 0.314 e. The Labute approximate surface area is 70.8 Å². The van der Waals surface area contributed by atoms with E-state index in [1.54, 1.807) is 12.1 Å². The molecule has 0 fully saturated rings. The molecular weight excluding hydrogens is 214 g/mol. The molecule has 4 nitrogen and oxygen atoms in total. The van der Waals surface area contributed by atoms with Crippen molar-refractivity contribution in [2.75, 3.05) is 0 Å². The topological polar surface area (TPSA) is 56.3 Å². The van der Waals surface area contributed by atoms with Crippen LogP contribution in [0.3, 0.4) is 0 Å². The lowest BCUT2D eigenvalue weighted by molar-refractivity contribution is -0.407. The van der Waals surface area contributed by atoms with Crippen molar-refractivity contribution in [1.82, 2.24) is 0 Å². The summed E-state index contributed by atoms with van der Waals surface area (Å²) in [6.45, 7) is 0. The molecule has 0 atom stereocenters. The highest BCUT2D eigenvalue weighted by Gasteiger charge is 2.04. The molecule has 0 saturated carbocycles. The van der Waals surface area contributed by atoms with E-state index in [1.165, 1.54) is 12.3 Å². The summed E-state index contributed by atoms with van der Waals surface area (Å²) >= 11 is 2.77. The Hall–Kier alpha value is -1.10. The highest BCUT2D eigenvalue weighted by atomic mass is 79.9. The van der Waals surface area contributed by atoms with Gasteiger partial charge in [-0.3, -0.25) is 10.1 Å². The van der Waals surface area contributed by atoms with Crippen LogP contribution in [0.4, 0.5) is 0 Å². The van der Waals surface area contributed by atoms with Gasteiger partial charge in [-0.2, -0.15) is 0 Å². The number of nitrogens with zero attached hydrogens (tertiary/aromatic N) is 1. The van der Waals surface area contributed by atoms with Crippen LogP contribution < -0.4 is 0 Å². The van der Waals surface area contributed by atoms with E-state index < -0.39 is 4.92 Å². The maximum atomic E-state index is 10.1. The van der Waals surface area contributed by atoms with Crippen LogP contribution in [0.2, 0.25) is 0 Å². The Kier molecular flexibility index (Phi) is 2.43. The summed E-state index contributed by atoms with van der Waals surface area (Å²) in [5, 5.41) is 10.1. The van der Waals surface area contributed by atoms with Crippen LogP contribution in [0, 0.1) is 10.1 Å². The molecule has 1 rings (SSSR count). The number of hydrogen-bond donors (Lipinski definition) is 0. The van der Waals surface area contributed by atoms with E-state index in [-0.39, 0.29) is 4.61 Å². The Bertz CT molecular complexity index is 278. The molecule has 0 spiro atoms. The molecule has 0 aliphatic rings. The Morgan fingerprint density at radius 2 is 2.55 bits per heavy atom. The molecule has 0 unspecified atom stereocenters. The van der Waals surface area contributed by atoms with E-state index in [4.69, 9.17) is 4.42 Å². The standard InChI is InChI=1S/C6H4BrNO3/c7-6(8(9)10)4-5-2-1-3-11-5/h1-4H/b6-4+. The van der Waals surface area contributed by atoms with E-state index in [1.807, 2.05) is 0 Å². The van der Waals surface area contributed by atoms with Gasteiger partial charge in [0, 0.05) is 15.9 Å². The fourth-order valence-corrected chi connectivity index (χ4v) is 0.769. The van der Waals surface area contributed by atoms with Gasteiger partial charge in [-0.1, -0.05) is 0 Å². The number of halogens is 1. The van der Waals surface area contributed by atoms with Crippen LogP contribution in [0.25, 0.3) is 6.08 Å². The molecule has 0 aliphatic carbocycles. The maximum absolute atomic E-state index is 10.1. The monoisotopic (exact) mass is 217 g/mol. The lowest BCUT2D eigenvalue weighted by Gasteiger charge is -1.84. The van der Waals surface area contributed by atoms with Crippen molar-refractivity contribution in [3.8, 4) is 0 Å². The molecule has 5 heteroatoms. The van der Waals surface area contributed by atoms with Crippen LogP contribution in [-0.2, 0) is 0 Å². The predicted octanol–water partition coefficient (Wildman–Crippen LogP) is 2.25. The summed E-state index contributed by atoms with van der Waals surface area (Å²) in [5.74, 6) is 0.452. The molecule has 0 N–H and O–H groups in total. The predicted molar refractivity (Wildman–Crippen MR) is 42.6 cm³/mol. The molecule has 0 bridgehead atoms. The third-order valence-electron chi connectivity index (χ3n) is 0.979. The van der Waals surface area contributed by atoms with Crippen LogP contribution >= 0.6 is 15.9 Å². The molecule has 1 heterocycles. The van der Waals surface area contributed by atoms with Crippen LogP contribution in [0.5, 0.6) is 0 Å². The zero-order valence-corrected chi connectivity index (χ0v) is 6.95. The Morgan fingerprint density at radius 1 is 1.82 bits per heavy atom. The van der Waals surface area contributed by atoms with Crippen LogP contribution in [0.1, 0.15) is 5.76 Å². The number of furan rings is 1. The summed E-state index contributed by atoms with van der Waals surface area (Å²) in [5.41, 5.74) is 0. The fourth-order valence-electron chi connectivity index (χ4n) is 0.543. The van der Waals surface area contributed by atoms with Gasteiger partial charge in [0.1, 0.15) is 5.76 Å². The lowest BCUT2D eigenvalue weighted by Crippen LogP contribution is -1.88. The Morgan fingerprint density at radius 3 is 3.00 bits per heavy atom. The first-order valence-corrected chi connectivity index (χ1v) is 3.54. The maximum Gasteiger partial charge on any atom is 0.314 e. The van der Waals surface area contributed by atoms with Crippen molar-refractivity contribution in [3.63, 3.8) is 0 Å². The van der Waals surface area contributed by atoms with Gasteiger partial charge in [0.2, 0.25) is 0 Å².